The average Bonchev–Trinajstić information content (AvgIpc) is 3.04. The number of carbonyl (C=O) groups excluding carboxylic acids is 1. The number of Topliss-reactive ketones (excluding diaryl/α,β-unsaturated/α-hetero) is 1. The number of aliphatic imine (C=N–C) groups is 1. The van der Waals surface area contributed by atoms with E-state index in [0.717, 1.165) is 0 Å². The van der Waals surface area contributed by atoms with E-state index in [4.69, 9.17) is 5.41 Å². The van der Waals surface area contributed by atoms with Crippen LogP contribution in [0.3, 0.4) is 0 Å². The van der Waals surface area contributed by atoms with Gasteiger partial charge in [0.1, 0.15) is 0 Å². The highest BCUT2D eigenvalue weighted by Crippen LogP contribution is 2.33. The lowest BCUT2D eigenvalue weighted by atomic mass is 9.81. The molecular weight excluding hydrogens is 336 g/mol. The van der Waals surface area contributed by atoms with Gasteiger partial charge in [-0.1, -0.05) is 42.5 Å². The molecule has 0 aliphatic heterocycles. The molecule has 0 bridgehead atoms. The summed E-state index contributed by atoms with van der Waals surface area (Å²) in [4.78, 5) is 19.3. The van der Waals surface area contributed by atoms with E-state index in [1.807, 2.05) is 42.5 Å². The first-order valence-electron chi connectivity index (χ1n) is 8.69. The van der Waals surface area contributed by atoms with Gasteiger partial charge in [0.05, 0.1) is 17.4 Å². The van der Waals surface area contributed by atoms with Crippen molar-refractivity contribution in [2.24, 2.45) is 4.99 Å². The lowest BCUT2D eigenvalue weighted by Crippen LogP contribution is -2.25. The zero-order valence-electron chi connectivity index (χ0n) is 15.4. The Morgan fingerprint density at radius 3 is 2.41 bits per heavy atom. The Kier molecular flexibility index (Phi) is 5.28. The fourth-order valence-corrected chi connectivity index (χ4v) is 2.98. The van der Waals surface area contributed by atoms with Crippen LogP contribution in [-0.2, 0) is 4.79 Å². The Morgan fingerprint density at radius 2 is 1.74 bits per heavy atom. The largest absolute Gasteiger partial charge is 0.347 e. The normalized spacial score (nSPS) is 20.3. The van der Waals surface area contributed by atoms with Gasteiger partial charge < -0.3 is 4.90 Å². The first-order chi connectivity index (χ1) is 13.0. The molecule has 0 aromatic heterocycles. The summed E-state index contributed by atoms with van der Waals surface area (Å²) >= 11 is 0. The number of ketones is 1. The monoisotopic (exact) mass is 356 g/mol. The zero-order chi connectivity index (χ0) is 19.4. The maximum atomic E-state index is 13.2. The molecule has 0 unspecified atom stereocenters. The molecule has 0 saturated carbocycles. The van der Waals surface area contributed by atoms with Crippen molar-refractivity contribution in [1.82, 2.24) is 4.90 Å². The van der Waals surface area contributed by atoms with Gasteiger partial charge in [-0.25, -0.2) is 4.99 Å². The number of hydrogen-bond donors (Lipinski definition) is 1. The van der Waals surface area contributed by atoms with Gasteiger partial charge in [0.2, 0.25) is 5.96 Å². The molecule has 0 amide bonds. The molecule has 3 aliphatic rings. The second kappa shape index (κ2) is 7.79. The summed E-state index contributed by atoms with van der Waals surface area (Å²) in [6.07, 6.45) is 18.0. The van der Waals surface area contributed by atoms with Crippen molar-refractivity contribution in [1.29, 1.82) is 10.7 Å². The smallest absolute Gasteiger partial charge is 0.217 e. The summed E-state index contributed by atoms with van der Waals surface area (Å²) in [5.74, 6) is -0.0226. The van der Waals surface area contributed by atoms with Crippen molar-refractivity contribution in [2.45, 2.75) is 12.8 Å². The van der Waals surface area contributed by atoms with Gasteiger partial charge in [-0.2, -0.15) is 5.26 Å². The minimum Gasteiger partial charge on any atom is -0.347 e. The molecule has 0 saturated heterocycles. The predicted molar refractivity (Wildman–Crippen MR) is 107 cm³/mol. The van der Waals surface area contributed by atoms with Crippen LogP contribution in [0.5, 0.6) is 0 Å². The molecule has 3 rings (SSSR count). The van der Waals surface area contributed by atoms with Crippen LogP contribution >= 0.6 is 0 Å². The molecule has 3 aliphatic carbocycles. The Hall–Kier alpha value is -3.52. The molecule has 0 aromatic carbocycles. The van der Waals surface area contributed by atoms with Crippen molar-refractivity contribution in [2.75, 3.05) is 14.1 Å². The fourth-order valence-electron chi connectivity index (χ4n) is 2.98. The second-order valence-electron chi connectivity index (χ2n) is 6.44. The number of guanidine groups is 1. The lowest BCUT2D eigenvalue weighted by molar-refractivity contribution is -0.111. The van der Waals surface area contributed by atoms with E-state index in [9.17, 15) is 10.1 Å². The van der Waals surface area contributed by atoms with E-state index >= 15 is 0 Å². The summed E-state index contributed by atoms with van der Waals surface area (Å²) in [6, 6.07) is 2.18. The molecule has 27 heavy (non-hydrogen) atoms. The molecular formula is C22H20N4O. The summed E-state index contributed by atoms with van der Waals surface area (Å²) in [5, 5.41) is 17.6. The molecule has 134 valence electrons. The third-order valence-corrected chi connectivity index (χ3v) is 4.40. The number of rotatable bonds is 1. The Balaban J connectivity index is 2.20. The van der Waals surface area contributed by atoms with Crippen LogP contribution in [0.1, 0.15) is 12.8 Å². The maximum absolute atomic E-state index is 13.2. The van der Waals surface area contributed by atoms with Gasteiger partial charge in [0.15, 0.2) is 5.78 Å². The molecule has 0 fully saturated rings. The molecule has 0 atom stereocenters. The van der Waals surface area contributed by atoms with Crippen LogP contribution in [0.2, 0.25) is 0 Å². The Morgan fingerprint density at radius 1 is 1.07 bits per heavy atom. The third-order valence-electron chi connectivity index (χ3n) is 4.40. The topological polar surface area (TPSA) is 80.3 Å². The number of carbonyl (C=O) groups is 1. The summed E-state index contributed by atoms with van der Waals surface area (Å²) in [6.45, 7) is 0. The van der Waals surface area contributed by atoms with Gasteiger partial charge in [0, 0.05) is 30.8 Å². The summed E-state index contributed by atoms with van der Waals surface area (Å²) in [5.41, 5.74) is 3.34. The minimum atomic E-state index is -0.116. The van der Waals surface area contributed by atoms with Gasteiger partial charge >= 0.3 is 0 Å². The lowest BCUT2D eigenvalue weighted by Gasteiger charge is -2.22. The zero-order valence-corrected chi connectivity index (χ0v) is 15.4. The molecule has 0 aromatic rings. The third kappa shape index (κ3) is 3.70. The van der Waals surface area contributed by atoms with Crippen LogP contribution < -0.4 is 0 Å². The maximum Gasteiger partial charge on any atom is 0.217 e. The molecule has 1 N–H and O–H groups in total. The molecule has 0 radical (unpaired) electrons. The van der Waals surface area contributed by atoms with E-state index in [1.165, 1.54) is 0 Å². The van der Waals surface area contributed by atoms with Crippen molar-refractivity contribution >= 4 is 17.5 Å². The highest BCUT2D eigenvalue weighted by Gasteiger charge is 2.30. The van der Waals surface area contributed by atoms with E-state index < -0.39 is 0 Å². The highest BCUT2D eigenvalue weighted by atomic mass is 16.1. The predicted octanol–water partition coefficient (Wildman–Crippen LogP) is 3.58. The number of nitrogens with zero attached hydrogens (tertiary/aromatic N) is 3. The summed E-state index contributed by atoms with van der Waals surface area (Å²) < 4.78 is 0. The molecule has 5 heteroatoms. The van der Waals surface area contributed by atoms with Gasteiger partial charge in [-0.15, -0.1) is 0 Å². The number of allylic oxidation sites excluding steroid dienone is 14. The first kappa shape index (κ1) is 18.3. The number of fused-ring (bicyclic) bond motifs is 1. The molecule has 0 spiro atoms. The van der Waals surface area contributed by atoms with Crippen LogP contribution in [0, 0.1) is 16.7 Å². The van der Waals surface area contributed by atoms with E-state index in [-0.39, 0.29) is 11.7 Å². The van der Waals surface area contributed by atoms with Gasteiger partial charge in [-0.05, 0) is 30.6 Å². The Bertz CT molecular complexity index is 986. The van der Waals surface area contributed by atoms with E-state index in [1.54, 1.807) is 31.1 Å². The fraction of sp³-hybridized carbons (Fsp3) is 0.182. The average molecular weight is 356 g/mol. The van der Waals surface area contributed by atoms with Crippen LogP contribution in [0.25, 0.3) is 0 Å². The van der Waals surface area contributed by atoms with Crippen molar-refractivity contribution in [3.63, 3.8) is 0 Å². The van der Waals surface area contributed by atoms with Gasteiger partial charge in [-0.3, -0.25) is 10.2 Å². The van der Waals surface area contributed by atoms with E-state index in [0.29, 0.717) is 46.4 Å². The number of nitriles is 1. The van der Waals surface area contributed by atoms with Crippen LogP contribution in [-0.4, -0.2) is 36.4 Å². The molecule has 5 nitrogen and oxygen atoms in total. The standard InChI is InChI=1S/C22H20N4O/c1-26(2)22(24)25-20-13-19(16-10-6-3-5-9-15(16)14-23)21(27)18-12-8-4-7-11-17(18)20/h3-5,7,9-13,24H,6,8H2,1-2H3/b24-22?,25-20+. The minimum absolute atomic E-state index is 0.0935. The SMILES string of the molecule is CN(C)C(=N)/N=C1\C=C(C2=CCC=CC=C2C#N)C(=O)C2=CCC=CC=C21. The Labute approximate surface area is 158 Å². The first-order valence-corrected chi connectivity index (χ1v) is 8.69. The molecule has 0 heterocycles. The second-order valence-corrected chi connectivity index (χ2v) is 6.44. The van der Waals surface area contributed by atoms with Crippen LogP contribution in [0.15, 0.2) is 87.5 Å². The number of nitrogens with one attached hydrogen (secondary N) is 1. The van der Waals surface area contributed by atoms with Gasteiger partial charge in [0.25, 0.3) is 0 Å². The van der Waals surface area contributed by atoms with Crippen molar-refractivity contribution in [3.8, 4) is 6.07 Å². The van der Waals surface area contributed by atoms with Crippen LogP contribution in [0.4, 0.5) is 0 Å². The van der Waals surface area contributed by atoms with Crippen molar-refractivity contribution < 1.29 is 4.79 Å². The van der Waals surface area contributed by atoms with Crippen molar-refractivity contribution in [3.05, 3.63) is 82.5 Å². The highest BCUT2D eigenvalue weighted by molar-refractivity contribution is 6.32. The number of hydrogen-bond acceptors (Lipinski definition) is 3. The van der Waals surface area contributed by atoms with E-state index in [2.05, 4.69) is 11.1 Å². The quantitative estimate of drug-likeness (QED) is 0.576. The summed E-state index contributed by atoms with van der Waals surface area (Å²) in [7, 11) is 3.50.